The number of aromatic hydroxyl groups is 1. The number of fused-ring (bicyclic) bond motifs is 4. The molecule has 0 spiro atoms. The molecule has 4 aromatic rings. The number of nitrogens with zero attached hydrogens (tertiary/aromatic N) is 3. The van der Waals surface area contributed by atoms with Gasteiger partial charge >= 0.3 is 0 Å². The highest BCUT2D eigenvalue weighted by Gasteiger charge is 2.41. The number of rotatable bonds is 5. The van der Waals surface area contributed by atoms with E-state index in [0.29, 0.717) is 39.5 Å². The molecule has 208 valence electrons. The summed E-state index contributed by atoms with van der Waals surface area (Å²) in [5.74, 6) is 2.79. The van der Waals surface area contributed by atoms with Gasteiger partial charge in [0.05, 0.1) is 23.8 Å². The average molecular weight is 553 g/mol. The number of anilines is 1. The predicted molar refractivity (Wildman–Crippen MR) is 155 cm³/mol. The molecule has 2 saturated carbocycles. The van der Waals surface area contributed by atoms with Crippen molar-refractivity contribution < 1.29 is 18.6 Å². The Kier molecular flexibility index (Phi) is 5.46. The van der Waals surface area contributed by atoms with Crippen molar-refractivity contribution in [1.82, 2.24) is 15.3 Å². The second-order valence-corrected chi connectivity index (χ2v) is 12.0. The Bertz CT molecular complexity index is 1800. The molecule has 0 amide bonds. The van der Waals surface area contributed by atoms with E-state index in [1.807, 2.05) is 0 Å². The van der Waals surface area contributed by atoms with E-state index in [1.165, 1.54) is 31.4 Å². The smallest absolute Gasteiger partial charge is 0.225 e. The fourth-order valence-corrected chi connectivity index (χ4v) is 7.09. The van der Waals surface area contributed by atoms with Crippen LogP contribution in [0, 0.1) is 24.0 Å². The summed E-state index contributed by atoms with van der Waals surface area (Å²) >= 11 is 0. The van der Waals surface area contributed by atoms with Crippen LogP contribution in [0.25, 0.3) is 32.8 Å². The van der Waals surface area contributed by atoms with Crippen molar-refractivity contribution in [1.29, 1.82) is 0 Å². The first-order chi connectivity index (χ1) is 19.9. The van der Waals surface area contributed by atoms with Crippen LogP contribution in [0.15, 0.2) is 24.3 Å². The maximum absolute atomic E-state index is 17.3. The van der Waals surface area contributed by atoms with Crippen LogP contribution < -0.4 is 15.0 Å². The van der Waals surface area contributed by atoms with E-state index in [4.69, 9.17) is 21.1 Å². The summed E-state index contributed by atoms with van der Waals surface area (Å²) in [4.78, 5) is 12.3. The molecule has 8 heteroatoms. The second-order valence-electron chi connectivity index (χ2n) is 12.0. The number of hydrogen-bond acceptors (Lipinski definition) is 6. The molecule has 4 fully saturated rings. The average Bonchev–Trinajstić information content (AvgIpc) is 3.90. The summed E-state index contributed by atoms with van der Waals surface area (Å²) in [7, 11) is 1.54. The lowest BCUT2D eigenvalue weighted by atomic mass is 9.92. The molecule has 2 bridgehead atoms. The zero-order valence-corrected chi connectivity index (χ0v) is 22.8. The van der Waals surface area contributed by atoms with E-state index in [-0.39, 0.29) is 34.4 Å². The van der Waals surface area contributed by atoms with E-state index in [1.54, 1.807) is 0 Å². The van der Waals surface area contributed by atoms with Gasteiger partial charge < -0.3 is 20.1 Å². The second kappa shape index (κ2) is 9.02. The third kappa shape index (κ3) is 3.86. The molecule has 2 saturated heterocycles. The maximum atomic E-state index is 17.3. The largest absolute Gasteiger partial charge is 0.508 e. The monoisotopic (exact) mass is 552 g/mol. The number of phenolic OH excluding ortho intramolecular Hbond substituents is 1. The van der Waals surface area contributed by atoms with Crippen LogP contribution in [-0.4, -0.2) is 47.4 Å². The summed E-state index contributed by atoms with van der Waals surface area (Å²) < 4.78 is 38.1. The number of ether oxygens (including phenoxy) is 1. The first-order valence-corrected chi connectivity index (χ1v) is 14.5. The van der Waals surface area contributed by atoms with Gasteiger partial charge in [0.25, 0.3) is 0 Å². The molecule has 6 nitrogen and oxygen atoms in total. The molecule has 2 unspecified atom stereocenters. The number of aromatic nitrogens is 2. The number of methoxy groups -OCH3 is 1. The molecule has 2 N–H and O–H groups in total. The highest BCUT2D eigenvalue weighted by molar-refractivity contribution is 6.06. The van der Waals surface area contributed by atoms with E-state index in [9.17, 15) is 9.50 Å². The zero-order valence-electron chi connectivity index (χ0n) is 22.8. The molecule has 41 heavy (non-hydrogen) atoms. The van der Waals surface area contributed by atoms with Gasteiger partial charge in [0.2, 0.25) is 5.88 Å². The first kappa shape index (κ1) is 24.8. The summed E-state index contributed by atoms with van der Waals surface area (Å²) in [5.41, 5.74) is 2.18. The van der Waals surface area contributed by atoms with Gasteiger partial charge in [0, 0.05) is 47.4 Å². The highest BCUT2D eigenvalue weighted by atomic mass is 19.1. The van der Waals surface area contributed by atoms with Gasteiger partial charge in [0.1, 0.15) is 23.1 Å². The number of phenols is 1. The Labute approximate surface area is 236 Å². The van der Waals surface area contributed by atoms with Crippen molar-refractivity contribution in [2.24, 2.45) is 0 Å². The first-order valence-electron chi connectivity index (χ1n) is 14.5. The summed E-state index contributed by atoms with van der Waals surface area (Å²) in [5, 5.41) is 16.2. The molecule has 2 aliphatic carbocycles. The van der Waals surface area contributed by atoms with Crippen LogP contribution in [0.3, 0.4) is 0 Å². The van der Waals surface area contributed by atoms with Crippen molar-refractivity contribution in [3.8, 4) is 35.2 Å². The Morgan fingerprint density at radius 2 is 1.71 bits per heavy atom. The van der Waals surface area contributed by atoms with Crippen LogP contribution in [0.2, 0.25) is 0 Å². The zero-order chi connectivity index (χ0) is 28.0. The lowest BCUT2D eigenvalue weighted by molar-refractivity contribution is 0.402. The van der Waals surface area contributed by atoms with Crippen LogP contribution in [0.5, 0.6) is 11.6 Å². The Balaban J connectivity index is 1.47. The highest BCUT2D eigenvalue weighted by Crippen LogP contribution is 2.54. The van der Waals surface area contributed by atoms with E-state index < -0.39 is 11.6 Å². The third-order valence-electron chi connectivity index (χ3n) is 9.21. The van der Waals surface area contributed by atoms with Gasteiger partial charge in [-0.1, -0.05) is 12.0 Å². The van der Waals surface area contributed by atoms with Gasteiger partial charge in [-0.05, 0) is 73.6 Å². The number of halogens is 2. The summed E-state index contributed by atoms with van der Waals surface area (Å²) in [6, 6.07) is 6.45. The normalized spacial score (nSPS) is 22.0. The topological polar surface area (TPSA) is 70.5 Å². The number of terminal acetylenes is 1. The number of hydrogen-bond donors (Lipinski definition) is 2. The van der Waals surface area contributed by atoms with Gasteiger partial charge in [-0.2, -0.15) is 0 Å². The van der Waals surface area contributed by atoms with Gasteiger partial charge in [0.15, 0.2) is 5.82 Å². The maximum Gasteiger partial charge on any atom is 0.225 e. The Morgan fingerprint density at radius 1 is 0.976 bits per heavy atom. The number of pyridine rings is 2. The molecular weight excluding hydrogens is 522 g/mol. The lowest BCUT2D eigenvalue weighted by Gasteiger charge is -2.35. The Morgan fingerprint density at radius 3 is 2.37 bits per heavy atom. The predicted octanol–water partition coefficient (Wildman–Crippen LogP) is 6.12. The minimum atomic E-state index is -0.588. The van der Waals surface area contributed by atoms with E-state index in [0.717, 1.165) is 68.7 Å². The van der Waals surface area contributed by atoms with E-state index in [2.05, 4.69) is 16.1 Å². The fraction of sp³-hybridized carbons (Fsp3) is 0.394. The molecule has 4 aliphatic rings. The quantitative estimate of drug-likeness (QED) is 0.291. The molecule has 2 aromatic heterocycles. The molecule has 4 heterocycles. The standard InChI is InChI=1S/C33H30F2N4O2/c1-3-22-24(34)11-8-18-12-21(40)13-23(25(18)22)31-29(35)27-26(16-4-5-16)30(17-6-7-17)37-32(28(27)33(38-31)41-2)39-14-19-9-10-20(15-39)36-19/h1,8,11-13,16-17,19-20,36,40H,4-7,9-10,14-15H2,2H3. The molecular formula is C33H30F2N4O2. The summed E-state index contributed by atoms with van der Waals surface area (Å²) in [6.45, 7) is 1.58. The van der Waals surface area contributed by atoms with Crippen LogP contribution in [0.1, 0.15) is 67.2 Å². The molecule has 8 rings (SSSR count). The van der Waals surface area contributed by atoms with Gasteiger partial charge in [-0.15, -0.1) is 6.42 Å². The van der Waals surface area contributed by atoms with Crippen LogP contribution in [-0.2, 0) is 0 Å². The number of benzene rings is 2. The minimum absolute atomic E-state index is 0.00515. The number of nitrogens with one attached hydrogen (secondary N) is 1. The van der Waals surface area contributed by atoms with Crippen LogP contribution >= 0.6 is 0 Å². The Hall–Kier alpha value is -3.96. The van der Waals surface area contributed by atoms with E-state index >= 15 is 4.39 Å². The fourth-order valence-electron chi connectivity index (χ4n) is 7.09. The third-order valence-corrected chi connectivity index (χ3v) is 9.21. The lowest BCUT2D eigenvalue weighted by Crippen LogP contribution is -2.51. The minimum Gasteiger partial charge on any atom is -0.508 e. The SMILES string of the molecule is C#Cc1c(F)ccc2cc(O)cc(-c3nc(OC)c4c(N5CC6CCC(C5)N6)nc(C5CC5)c(C5CC5)c4c3F)c12. The van der Waals surface area contributed by atoms with Gasteiger partial charge in [-0.25, -0.2) is 18.7 Å². The number of piperazine rings is 1. The van der Waals surface area contributed by atoms with Crippen molar-refractivity contribution in [2.45, 2.75) is 62.4 Å². The van der Waals surface area contributed by atoms with Crippen molar-refractivity contribution in [2.75, 3.05) is 25.1 Å². The van der Waals surface area contributed by atoms with Crippen LogP contribution in [0.4, 0.5) is 14.6 Å². The van der Waals surface area contributed by atoms with Crippen molar-refractivity contribution in [3.05, 3.63) is 52.7 Å². The van der Waals surface area contributed by atoms with Crippen molar-refractivity contribution >= 4 is 27.4 Å². The van der Waals surface area contributed by atoms with Gasteiger partial charge in [-0.3, -0.25) is 0 Å². The summed E-state index contributed by atoms with van der Waals surface area (Å²) in [6.07, 6.45) is 12.0. The molecule has 2 aromatic carbocycles. The van der Waals surface area contributed by atoms with Crippen molar-refractivity contribution in [3.63, 3.8) is 0 Å². The molecule has 2 aliphatic heterocycles. The molecule has 0 radical (unpaired) electrons. The molecule has 2 atom stereocenters.